The van der Waals surface area contributed by atoms with E-state index in [4.69, 9.17) is 0 Å². The lowest BCUT2D eigenvalue weighted by molar-refractivity contribution is 0.101. The molecular formula is C16H16FNO2. The molecule has 4 heteroatoms. The predicted octanol–water partition coefficient (Wildman–Crippen LogP) is 3.37. The minimum atomic E-state index is -0.273. The van der Waals surface area contributed by atoms with Gasteiger partial charge in [0, 0.05) is 25.3 Å². The van der Waals surface area contributed by atoms with Crippen LogP contribution in [0.25, 0.3) is 0 Å². The third-order valence-corrected chi connectivity index (χ3v) is 3.11. The Labute approximate surface area is 117 Å². The van der Waals surface area contributed by atoms with Crippen LogP contribution in [0.2, 0.25) is 0 Å². The van der Waals surface area contributed by atoms with Crippen molar-refractivity contribution in [1.29, 1.82) is 0 Å². The van der Waals surface area contributed by atoms with E-state index < -0.39 is 0 Å². The van der Waals surface area contributed by atoms with Crippen LogP contribution in [0.3, 0.4) is 0 Å². The molecule has 0 amide bonds. The Hall–Kier alpha value is -2.36. The molecule has 0 fully saturated rings. The van der Waals surface area contributed by atoms with Crippen LogP contribution in [-0.2, 0) is 6.54 Å². The number of anilines is 1. The maximum atomic E-state index is 13.1. The lowest BCUT2D eigenvalue weighted by Crippen LogP contribution is -2.16. The molecule has 0 aliphatic heterocycles. The highest BCUT2D eigenvalue weighted by molar-refractivity contribution is 5.97. The second kappa shape index (κ2) is 5.74. The van der Waals surface area contributed by atoms with E-state index >= 15 is 0 Å². The van der Waals surface area contributed by atoms with E-state index in [0.717, 1.165) is 11.3 Å². The summed E-state index contributed by atoms with van der Waals surface area (Å²) in [7, 11) is 1.84. The molecule has 0 saturated carbocycles. The molecule has 2 aromatic carbocycles. The van der Waals surface area contributed by atoms with Crippen LogP contribution in [0, 0.1) is 5.82 Å². The number of nitrogens with zero attached hydrogens (tertiary/aromatic N) is 1. The normalized spacial score (nSPS) is 10.3. The Morgan fingerprint density at radius 1 is 1.25 bits per heavy atom. The van der Waals surface area contributed by atoms with Gasteiger partial charge >= 0.3 is 0 Å². The molecule has 0 unspecified atom stereocenters. The van der Waals surface area contributed by atoms with Crippen molar-refractivity contribution in [3.63, 3.8) is 0 Å². The van der Waals surface area contributed by atoms with Gasteiger partial charge in [0.15, 0.2) is 5.78 Å². The minimum Gasteiger partial charge on any atom is -0.507 e. The predicted molar refractivity (Wildman–Crippen MR) is 76.6 cm³/mol. The smallest absolute Gasteiger partial charge is 0.163 e. The van der Waals surface area contributed by atoms with Crippen LogP contribution in [-0.4, -0.2) is 17.9 Å². The zero-order chi connectivity index (χ0) is 14.7. The summed E-state index contributed by atoms with van der Waals surface area (Å²) in [6.45, 7) is 1.92. The van der Waals surface area contributed by atoms with Crippen molar-refractivity contribution in [1.82, 2.24) is 0 Å². The Bertz CT molecular complexity index is 640. The third-order valence-electron chi connectivity index (χ3n) is 3.11. The number of aromatic hydroxyl groups is 1. The SMILES string of the molecule is CC(=O)c1ccc(N(C)Cc2cccc(F)c2)cc1O. The number of phenols is 1. The standard InChI is InChI=1S/C16H16FNO2/c1-11(19)15-7-6-14(9-16(15)20)18(2)10-12-4-3-5-13(17)8-12/h3-9,20H,10H2,1-2H3. The number of benzene rings is 2. The molecule has 0 aliphatic rings. The van der Waals surface area contributed by atoms with Gasteiger partial charge in [-0.2, -0.15) is 0 Å². The molecule has 0 radical (unpaired) electrons. The summed E-state index contributed by atoms with van der Waals surface area (Å²) in [6.07, 6.45) is 0. The van der Waals surface area contributed by atoms with E-state index in [2.05, 4.69) is 0 Å². The van der Waals surface area contributed by atoms with Crippen LogP contribution in [0.1, 0.15) is 22.8 Å². The first-order chi connectivity index (χ1) is 9.47. The van der Waals surface area contributed by atoms with Crippen LogP contribution >= 0.6 is 0 Å². The maximum Gasteiger partial charge on any atom is 0.163 e. The Kier molecular flexibility index (Phi) is 4.03. The second-order valence-corrected chi connectivity index (χ2v) is 4.74. The van der Waals surface area contributed by atoms with Gasteiger partial charge in [0.1, 0.15) is 11.6 Å². The number of phenolic OH excluding ortho intramolecular Hbond substituents is 1. The van der Waals surface area contributed by atoms with Gasteiger partial charge in [0.25, 0.3) is 0 Å². The molecular weight excluding hydrogens is 257 g/mol. The van der Waals surface area contributed by atoms with Crippen molar-refractivity contribution < 1.29 is 14.3 Å². The Morgan fingerprint density at radius 3 is 2.60 bits per heavy atom. The van der Waals surface area contributed by atoms with Crippen LogP contribution in [0.5, 0.6) is 5.75 Å². The number of Topliss-reactive ketones (excluding diaryl/α,β-unsaturated/α-hetero) is 1. The highest BCUT2D eigenvalue weighted by atomic mass is 19.1. The highest BCUT2D eigenvalue weighted by Crippen LogP contribution is 2.25. The largest absolute Gasteiger partial charge is 0.507 e. The summed E-state index contributed by atoms with van der Waals surface area (Å²) in [4.78, 5) is 13.1. The maximum absolute atomic E-state index is 13.1. The number of halogens is 1. The van der Waals surface area contributed by atoms with Crippen molar-refractivity contribution in [2.24, 2.45) is 0 Å². The van der Waals surface area contributed by atoms with Gasteiger partial charge in [0.2, 0.25) is 0 Å². The first-order valence-electron chi connectivity index (χ1n) is 6.27. The lowest BCUT2D eigenvalue weighted by Gasteiger charge is -2.20. The summed E-state index contributed by atoms with van der Waals surface area (Å²) in [5, 5.41) is 9.81. The molecule has 0 spiro atoms. The quantitative estimate of drug-likeness (QED) is 0.868. The van der Waals surface area contributed by atoms with Gasteiger partial charge in [0.05, 0.1) is 5.56 Å². The molecule has 0 bridgehead atoms. The molecule has 3 nitrogen and oxygen atoms in total. The van der Waals surface area contributed by atoms with Crippen molar-refractivity contribution in [2.45, 2.75) is 13.5 Å². The molecule has 2 aromatic rings. The molecule has 0 aliphatic carbocycles. The summed E-state index contributed by atoms with van der Waals surface area (Å²) >= 11 is 0. The number of rotatable bonds is 4. The highest BCUT2D eigenvalue weighted by Gasteiger charge is 2.09. The summed E-state index contributed by atoms with van der Waals surface area (Å²) in [5.74, 6) is -0.492. The van der Waals surface area contributed by atoms with Gasteiger partial charge in [-0.25, -0.2) is 4.39 Å². The van der Waals surface area contributed by atoms with E-state index in [-0.39, 0.29) is 17.3 Å². The summed E-state index contributed by atoms with van der Waals surface area (Å²) in [6, 6.07) is 11.3. The lowest BCUT2D eigenvalue weighted by atomic mass is 10.1. The number of carbonyl (C=O) groups is 1. The van der Waals surface area contributed by atoms with Crippen LogP contribution in [0.4, 0.5) is 10.1 Å². The Balaban J connectivity index is 2.19. The molecule has 0 atom stereocenters. The van der Waals surface area contributed by atoms with Gasteiger partial charge in [-0.05, 0) is 36.8 Å². The zero-order valence-corrected chi connectivity index (χ0v) is 11.4. The Morgan fingerprint density at radius 2 is 2.00 bits per heavy atom. The minimum absolute atomic E-state index is 0.0407. The van der Waals surface area contributed by atoms with E-state index in [1.54, 1.807) is 18.2 Å². The summed E-state index contributed by atoms with van der Waals surface area (Å²) in [5.41, 5.74) is 1.90. The van der Waals surface area contributed by atoms with Crippen molar-refractivity contribution >= 4 is 11.5 Å². The van der Waals surface area contributed by atoms with Gasteiger partial charge in [-0.1, -0.05) is 12.1 Å². The second-order valence-electron chi connectivity index (χ2n) is 4.74. The van der Waals surface area contributed by atoms with Gasteiger partial charge in [-0.15, -0.1) is 0 Å². The molecule has 0 aromatic heterocycles. The average molecular weight is 273 g/mol. The molecule has 104 valence electrons. The molecule has 20 heavy (non-hydrogen) atoms. The van der Waals surface area contributed by atoms with Crippen molar-refractivity contribution in [3.05, 3.63) is 59.4 Å². The zero-order valence-electron chi connectivity index (χ0n) is 11.4. The van der Waals surface area contributed by atoms with Crippen molar-refractivity contribution in [2.75, 3.05) is 11.9 Å². The van der Waals surface area contributed by atoms with E-state index in [1.165, 1.54) is 25.1 Å². The van der Waals surface area contributed by atoms with Gasteiger partial charge in [-0.3, -0.25) is 4.79 Å². The van der Waals surface area contributed by atoms with E-state index in [1.807, 2.05) is 18.0 Å². The number of hydrogen-bond acceptors (Lipinski definition) is 3. The van der Waals surface area contributed by atoms with Crippen LogP contribution in [0.15, 0.2) is 42.5 Å². The topological polar surface area (TPSA) is 40.5 Å². The molecule has 1 N–H and O–H groups in total. The van der Waals surface area contributed by atoms with Gasteiger partial charge < -0.3 is 10.0 Å². The molecule has 0 saturated heterocycles. The molecule has 0 heterocycles. The van der Waals surface area contributed by atoms with E-state index in [0.29, 0.717) is 12.1 Å². The fourth-order valence-corrected chi connectivity index (χ4v) is 2.06. The van der Waals surface area contributed by atoms with Crippen molar-refractivity contribution in [3.8, 4) is 5.75 Å². The first kappa shape index (κ1) is 14.1. The monoisotopic (exact) mass is 273 g/mol. The number of hydrogen-bond donors (Lipinski definition) is 1. The third kappa shape index (κ3) is 3.15. The summed E-state index contributed by atoms with van der Waals surface area (Å²) < 4.78 is 13.1. The molecule has 2 rings (SSSR count). The van der Waals surface area contributed by atoms with Crippen LogP contribution < -0.4 is 4.90 Å². The fourth-order valence-electron chi connectivity index (χ4n) is 2.06. The average Bonchev–Trinajstić information content (AvgIpc) is 2.38. The number of ketones is 1. The van der Waals surface area contributed by atoms with E-state index in [9.17, 15) is 14.3 Å². The first-order valence-corrected chi connectivity index (χ1v) is 6.27. The fraction of sp³-hybridized carbons (Fsp3) is 0.188. The number of carbonyl (C=O) groups excluding carboxylic acids is 1.